The number of aliphatic imine (C=N–C) groups is 1. The third-order valence-corrected chi connectivity index (χ3v) is 5.41. The molecule has 1 heterocycles. The number of nitrogens with one attached hydrogen (secondary N) is 1. The Hall–Kier alpha value is -1.47. The topological polar surface area (TPSA) is 131 Å². The van der Waals surface area contributed by atoms with Crippen LogP contribution in [0.1, 0.15) is 25.7 Å². The molecule has 1 saturated heterocycles. The van der Waals surface area contributed by atoms with Crippen LogP contribution in [-0.4, -0.2) is 50.4 Å². The summed E-state index contributed by atoms with van der Waals surface area (Å²) in [6, 6.07) is 4.91. The number of nitro groups is 1. The van der Waals surface area contributed by atoms with E-state index in [0.717, 1.165) is 32.0 Å². The van der Waals surface area contributed by atoms with E-state index in [1.807, 2.05) is 4.90 Å². The van der Waals surface area contributed by atoms with E-state index in [2.05, 4.69) is 9.71 Å². The van der Waals surface area contributed by atoms with Crippen molar-refractivity contribution in [1.82, 2.24) is 9.62 Å². The van der Waals surface area contributed by atoms with Crippen LogP contribution in [0.3, 0.4) is 0 Å². The zero-order chi connectivity index (χ0) is 18.3. The van der Waals surface area contributed by atoms with Crippen molar-refractivity contribution in [2.75, 3.05) is 26.2 Å². The van der Waals surface area contributed by atoms with Crippen LogP contribution in [0, 0.1) is 10.1 Å². The van der Waals surface area contributed by atoms with Gasteiger partial charge >= 0.3 is 0 Å². The first-order valence-electron chi connectivity index (χ1n) is 8.19. The van der Waals surface area contributed by atoms with Gasteiger partial charge in [-0.25, -0.2) is 13.1 Å². The van der Waals surface area contributed by atoms with Crippen molar-refractivity contribution in [3.05, 3.63) is 34.4 Å². The predicted octanol–water partition coefficient (Wildman–Crippen LogP) is 1.68. The number of nitro benzene ring substituents is 1. The number of nitrogens with two attached hydrogens (primary N) is 1. The molecule has 0 aromatic heterocycles. The highest BCUT2D eigenvalue weighted by molar-refractivity contribution is 14.0. The van der Waals surface area contributed by atoms with Crippen LogP contribution in [0.2, 0.25) is 0 Å². The summed E-state index contributed by atoms with van der Waals surface area (Å²) in [4.78, 5) is 16.2. The minimum Gasteiger partial charge on any atom is -0.370 e. The third-order valence-electron chi connectivity index (χ3n) is 3.95. The molecule has 0 aliphatic carbocycles. The van der Waals surface area contributed by atoms with Crippen molar-refractivity contribution in [2.24, 2.45) is 10.7 Å². The molecule has 1 fully saturated rings. The van der Waals surface area contributed by atoms with Gasteiger partial charge in [0.1, 0.15) is 0 Å². The average molecular weight is 497 g/mol. The van der Waals surface area contributed by atoms with E-state index in [1.165, 1.54) is 31.0 Å². The summed E-state index contributed by atoms with van der Waals surface area (Å²) in [5.74, 6) is 0.427. The first-order chi connectivity index (χ1) is 11.9. The lowest BCUT2D eigenvalue weighted by Gasteiger charge is -2.21. The van der Waals surface area contributed by atoms with Gasteiger partial charge in [-0.15, -0.1) is 24.0 Å². The highest BCUT2D eigenvalue weighted by Crippen LogP contribution is 2.16. The molecule has 11 heteroatoms. The molecule has 0 radical (unpaired) electrons. The summed E-state index contributed by atoms with van der Waals surface area (Å²) in [5, 5.41) is 10.7. The van der Waals surface area contributed by atoms with Crippen LogP contribution in [0.5, 0.6) is 0 Å². The van der Waals surface area contributed by atoms with E-state index >= 15 is 0 Å². The molecule has 1 aromatic rings. The van der Waals surface area contributed by atoms with Crippen LogP contribution in [0.4, 0.5) is 5.69 Å². The Morgan fingerprint density at radius 1 is 1.27 bits per heavy atom. The number of guanidine groups is 1. The molecule has 26 heavy (non-hydrogen) atoms. The van der Waals surface area contributed by atoms with Crippen molar-refractivity contribution in [3.8, 4) is 0 Å². The number of halogens is 1. The largest absolute Gasteiger partial charge is 0.370 e. The SMILES string of the molecule is I.NC(=NCCNS(=O)(=O)c1cccc([N+](=O)[O-])c1)N1CCCCCC1. The molecule has 3 N–H and O–H groups in total. The van der Waals surface area contributed by atoms with Gasteiger partial charge in [0.05, 0.1) is 16.4 Å². The molecule has 0 atom stereocenters. The van der Waals surface area contributed by atoms with Gasteiger partial charge in [-0.1, -0.05) is 18.9 Å². The highest BCUT2D eigenvalue weighted by atomic mass is 127. The van der Waals surface area contributed by atoms with Gasteiger partial charge in [0.25, 0.3) is 5.69 Å². The second-order valence-corrected chi connectivity index (χ2v) is 7.56. The molecule has 0 saturated carbocycles. The molecule has 0 amide bonds. The fourth-order valence-electron chi connectivity index (χ4n) is 2.60. The van der Waals surface area contributed by atoms with Gasteiger partial charge in [0, 0.05) is 31.8 Å². The van der Waals surface area contributed by atoms with Gasteiger partial charge in [-0.05, 0) is 18.9 Å². The fraction of sp³-hybridized carbons (Fsp3) is 0.533. The van der Waals surface area contributed by atoms with E-state index in [4.69, 9.17) is 5.73 Å². The van der Waals surface area contributed by atoms with E-state index < -0.39 is 14.9 Å². The molecular weight excluding hydrogens is 473 g/mol. The Kier molecular flexibility index (Phi) is 9.22. The molecule has 146 valence electrons. The molecule has 2 rings (SSSR count). The molecule has 0 unspecified atom stereocenters. The third kappa shape index (κ3) is 6.68. The lowest BCUT2D eigenvalue weighted by molar-refractivity contribution is -0.385. The summed E-state index contributed by atoms with van der Waals surface area (Å²) in [7, 11) is -3.82. The maximum atomic E-state index is 12.2. The Morgan fingerprint density at radius 2 is 1.92 bits per heavy atom. The van der Waals surface area contributed by atoms with Crippen molar-refractivity contribution in [2.45, 2.75) is 30.6 Å². The lowest BCUT2D eigenvalue weighted by Crippen LogP contribution is -2.38. The lowest BCUT2D eigenvalue weighted by atomic mass is 10.2. The summed E-state index contributed by atoms with van der Waals surface area (Å²) in [5.41, 5.74) is 5.68. The van der Waals surface area contributed by atoms with Crippen LogP contribution in [0.15, 0.2) is 34.2 Å². The monoisotopic (exact) mass is 497 g/mol. The number of hydrogen-bond acceptors (Lipinski definition) is 5. The molecule has 0 bridgehead atoms. The number of rotatable bonds is 6. The number of benzene rings is 1. The van der Waals surface area contributed by atoms with Crippen LogP contribution < -0.4 is 10.5 Å². The minimum atomic E-state index is -3.82. The minimum absolute atomic E-state index is 0. The second-order valence-electron chi connectivity index (χ2n) is 5.79. The van der Waals surface area contributed by atoms with E-state index in [-0.39, 0.29) is 47.6 Å². The number of hydrogen-bond donors (Lipinski definition) is 2. The average Bonchev–Trinajstić information content (AvgIpc) is 2.88. The number of non-ortho nitro benzene ring substituents is 1. The standard InChI is InChI=1S/C15H23N5O4S.HI/c16-15(19-10-3-1-2-4-11-19)17-8-9-18-25(23,24)14-7-5-6-13(12-14)20(21)22;/h5-7,12,18H,1-4,8-11H2,(H2,16,17);1H. The highest BCUT2D eigenvalue weighted by Gasteiger charge is 2.17. The first-order valence-corrected chi connectivity index (χ1v) is 9.67. The van der Waals surface area contributed by atoms with Crippen LogP contribution in [0.25, 0.3) is 0 Å². The van der Waals surface area contributed by atoms with Crippen molar-refractivity contribution in [1.29, 1.82) is 0 Å². The van der Waals surface area contributed by atoms with Gasteiger partial charge < -0.3 is 10.6 Å². The van der Waals surface area contributed by atoms with Gasteiger partial charge in [0.15, 0.2) is 5.96 Å². The van der Waals surface area contributed by atoms with Crippen molar-refractivity contribution >= 4 is 45.6 Å². The zero-order valence-electron chi connectivity index (χ0n) is 14.3. The smallest absolute Gasteiger partial charge is 0.270 e. The normalized spacial score (nSPS) is 15.8. The number of likely N-dealkylation sites (tertiary alicyclic amines) is 1. The van der Waals surface area contributed by atoms with E-state index in [1.54, 1.807) is 0 Å². The molecule has 9 nitrogen and oxygen atoms in total. The Labute approximate surface area is 170 Å². The summed E-state index contributed by atoms with van der Waals surface area (Å²) < 4.78 is 26.7. The quantitative estimate of drug-likeness (QED) is 0.154. The van der Waals surface area contributed by atoms with Gasteiger partial charge in [-0.2, -0.15) is 0 Å². The molecule has 1 aromatic carbocycles. The Bertz CT molecular complexity index is 733. The number of sulfonamides is 1. The van der Waals surface area contributed by atoms with E-state index in [0.29, 0.717) is 5.96 Å². The zero-order valence-corrected chi connectivity index (χ0v) is 17.5. The maximum absolute atomic E-state index is 12.2. The van der Waals surface area contributed by atoms with Crippen LogP contribution >= 0.6 is 24.0 Å². The fourth-order valence-corrected chi connectivity index (χ4v) is 3.66. The first kappa shape index (κ1) is 22.6. The van der Waals surface area contributed by atoms with Crippen LogP contribution in [-0.2, 0) is 10.0 Å². The van der Waals surface area contributed by atoms with Crippen molar-refractivity contribution < 1.29 is 13.3 Å². The summed E-state index contributed by atoms with van der Waals surface area (Å²) in [6.45, 7) is 2.01. The summed E-state index contributed by atoms with van der Waals surface area (Å²) >= 11 is 0. The molecule has 1 aliphatic heterocycles. The van der Waals surface area contributed by atoms with Crippen molar-refractivity contribution in [3.63, 3.8) is 0 Å². The maximum Gasteiger partial charge on any atom is 0.270 e. The van der Waals surface area contributed by atoms with Gasteiger partial charge in [0.2, 0.25) is 10.0 Å². The van der Waals surface area contributed by atoms with Gasteiger partial charge in [-0.3, -0.25) is 15.1 Å². The molecule has 1 aliphatic rings. The predicted molar refractivity (Wildman–Crippen MR) is 110 cm³/mol. The molecular formula is C15H24IN5O4S. The second kappa shape index (κ2) is 10.6. The molecule has 0 spiro atoms. The summed E-state index contributed by atoms with van der Waals surface area (Å²) in [6.07, 6.45) is 4.53. The Balaban J connectivity index is 0.00000338. The number of nitrogens with zero attached hydrogens (tertiary/aromatic N) is 3. The van der Waals surface area contributed by atoms with E-state index in [9.17, 15) is 18.5 Å². The Morgan fingerprint density at radius 3 is 2.54 bits per heavy atom.